The molecule has 0 unspecified atom stereocenters. The molecule has 0 radical (unpaired) electrons. The third-order valence-electron chi connectivity index (χ3n) is 5.56. The first-order valence-electron chi connectivity index (χ1n) is 11.4. The molecule has 0 aliphatic carbocycles. The van der Waals surface area contributed by atoms with Crippen molar-refractivity contribution in [3.05, 3.63) is 94.5 Å². The molecule has 0 aliphatic rings. The number of hydrogen-bond acceptors (Lipinski definition) is 5. The third-order valence-corrected chi connectivity index (χ3v) is 6.00. The topological polar surface area (TPSA) is 44.5 Å². The lowest BCUT2D eigenvalue weighted by Gasteiger charge is -2.18. The van der Waals surface area contributed by atoms with E-state index in [1.54, 1.807) is 19.2 Å². The SMILES string of the molecule is CCOc1ccc(CN(C)Cn2nc(-c3ccc(F)cc3)n(Cc3ccccc3)c2=S)cc1OC. The van der Waals surface area contributed by atoms with Gasteiger partial charge in [-0.3, -0.25) is 9.47 Å². The maximum Gasteiger partial charge on any atom is 0.199 e. The Balaban J connectivity index is 1.60. The lowest BCUT2D eigenvalue weighted by Crippen LogP contribution is -2.22. The number of benzene rings is 3. The molecule has 182 valence electrons. The lowest BCUT2D eigenvalue weighted by molar-refractivity contribution is 0.243. The van der Waals surface area contributed by atoms with Crippen LogP contribution in [0.2, 0.25) is 0 Å². The highest BCUT2D eigenvalue weighted by molar-refractivity contribution is 7.71. The summed E-state index contributed by atoms with van der Waals surface area (Å²) in [6.07, 6.45) is 0. The van der Waals surface area contributed by atoms with Gasteiger partial charge in [-0.2, -0.15) is 5.10 Å². The van der Waals surface area contributed by atoms with E-state index in [4.69, 9.17) is 26.8 Å². The molecule has 0 amide bonds. The van der Waals surface area contributed by atoms with Crippen LogP contribution in [0.4, 0.5) is 4.39 Å². The summed E-state index contributed by atoms with van der Waals surface area (Å²) in [5, 5.41) is 4.83. The van der Waals surface area contributed by atoms with Gasteiger partial charge in [0.25, 0.3) is 0 Å². The quantitative estimate of drug-likeness (QED) is 0.263. The molecule has 0 fully saturated rings. The molecule has 1 heterocycles. The number of hydrogen-bond donors (Lipinski definition) is 0. The highest BCUT2D eigenvalue weighted by Crippen LogP contribution is 2.28. The highest BCUT2D eigenvalue weighted by atomic mass is 32.1. The van der Waals surface area contributed by atoms with E-state index in [9.17, 15) is 4.39 Å². The third kappa shape index (κ3) is 5.96. The van der Waals surface area contributed by atoms with Crippen molar-refractivity contribution >= 4 is 12.2 Å². The fourth-order valence-electron chi connectivity index (χ4n) is 3.93. The van der Waals surface area contributed by atoms with E-state index in [1.807, 2.05) is 59.6 Å². The molecule has 0 atom stereocenters. The fraction of sp³-hybridized carbons (Fsp3) is 0.259. The first-order valence-corrected chi connectivity index (χ1v) is 11.8. The van der Waals surface area contributed by atoms with Gasteiger partial charge in [0.2, 0.25) is 0 Å². The Bertz CT molecular complexity index is 1320. The molecule has 8 heteroatoms. The molecule has 0 N–H and O–H groups in total. The predicted octanol–water partition coefficient (Wildman–Crippen LogP) is 5.77. The number of rotatable bonds is 10. The second-order valence-corrected chi connectivity index (χ2v) is 8.62. The minimum Gasteiger partial charge on any atom is -0.493 e. The summed E-state index contributed by atoms with van der Waals surface area (Å²) in [5.41, 5.74) is 3.01. The van der Waals surface area contributed by atoms with Gasteiger partial charge in [0.05, 0.1) is 26.9 Å². The van der Waals surface area contributed by atoms with E-state index in [1.165, 1.54) is 12.1 Å². The number of nitrogens with zero attached hydrogens (tertiary/aromatic N) is 4. The molecular formula is C27H29FN4O2S. The van der Waals surface area contributed by atoms with Crippen LogP contribution in [0.3, 0.4) is 0 Å². The van der Waals surface area contributed by atoms with Crippen LogP contribution in [0.15, 0.2) is 72.8 Å². The Hall–Kier alpha value is -3.49. The zero-order chi connectivity index (χ0) is 24.8. The average molecular weight is 493 g/mol. The van der Waals surface area contributed by atoms with Gasteiger partial charge >= 0.3 is 0 Å². The van der Waals surface area contributed by atoms with Crippen LogP contribution in [-0.2, 0) is 19.8 Å². The second kappa shape index (κ2) is 11.3. The Morgan fingerprint density at radius 3 is 2.40 bits per heavy atom. The van der Waals surface area contributed by atoms with Gasteiger partial charge in [0.15, 0.2) is 22.1 Å². The minimum atomic E-state index is -0.285. The molecule has 4 rings (SSSR count). The van der Waals surface area contributed by atoms with Crippen molar-refractivity contribution in [1.29, 1.82) is 0 Å². The van der Waals surface area contributed by atoms with Crippen molar-refractivity contribution < 1.29 is 13.9 Å². The summed E-state index contributed by atoms with van der Waals surface area (Å²) in [4.78, 5) is 2.12. The van der Waals surface area contributed by atoms with Crippen molar-refractivity contribution in [3.8, 4) is 22.9 Å². The van der Waals surface area contributed by atoms with Gasteiger partial charge < -0.3 is 9.47 Å². The van der Waals surface area contributed by atoms with Crippen molar-refractivity contribution in [1.82, 2.24) is 19.2 Å². The second-order valence-electron chi connectivity index (χ2n) is 8.26. The van der Waals surface area contributed by atoms with Crippen molar-refractivity contribution in [2.24, 2.45) is 0 Å². The average Bonchev–Trinajstić information content (AvgIpc) is 3.16. The van der Waals surface area contributed by atoms with Gasteiger partial charge in [-0.1, -0.05) is 36.4 Å². The standard InChI is InChI=1S/C27H29FN4O2S/c1-4-34-24-15-10-21(16-25(24)33-3)17-30(2)19-32-27(35)31(18-20-8-6-5-7-9-20)26(29-32)22-11-13-23(28)14-12-22/h5-16H,4,17-19H2,1-3H3. The van der Waals surface area contributed by atoms with Crippen LogP contribution in [-0.4, -0.2) is 40.0 Å². The Morgan fingerprint density at radius 2 is 1.71 bits per heavy atom. The Labute approximate surface area is 210 Å². The maximum atomic E-state index is 13.6. The molecule has 35 heavy (non-hydrogen) atoms. The first-order chi connectivity index (χ1) is 17.0. The predicted molar refractivity (Wildman–Crippen MR) is 138 cm³/mol. The number of methoxy groups -OCH3 is 1. The van der Waals surface area contributed by atoms with Crippen molar-refractivity contribution in [3.63, 3.8) is 0 Å². The summed E-state index contributed by atoms with van der Waals surface area (Å²) in [7, 11) is 3.65. The van der Waals surface area contributed by atoms with Crippen LogP contribution >= 0.6 is 12.2 Å². The molecule has 0 bridgehead atoms. The molecule has 0 aliphatic heterocycles. The zero-order valence-electron chi connectivity index (χ0n) is 20.1. The molecule has 3 aromatic carbocycles. The van der Waals surface area contributed by atoms with E-state index >= 15 is 0 Å². The molecule has 0 saturated carbocycles. The highest BCUT2D eigenvalue weighted by Gasteiger charge is 2.15. The summed E-state index contributed by atoms with van der Waals surface area (Å²) in [5.74, 6) is 1.86. The van der Waals surface area contributed by atoms with Gasteiger partial charge in [-0.05, 0) is 73.7 Å². The number of ether oxygens (including phenoxy) is 2. The van der Waals surface area contributed by atoms with Gasteiger partial charge in [-0.25, -0.2) is 9.07 Å². The molecule has 6 nitrogen and oxygen atoms in total. The van der Waals surface area contributed by atoms with Crippen molar-refractivity contribution in [2.45, 2.75) is 26.7 Å². The van der Waals surface area contributed by atoms with Gasteiger partial charge in [0.1, 0.15) is 5.82 Å². The minimum absolute atomic E-state index is 0.285. The van der Waals surface area contributed by atoms with E-state index in [0.717, 1.165) is 22.4 Å². The zero-order valence-corrected chi connectivity index (χ0v) is 21.0. The van der Waals surface area contributed by atoms with E-state index in [-0.39, 0.29) is 5.82 Å². The van der Waals surface area contributed by atoms with Crippen LogP contribution in [0.1, 0.15) is 18.1 Å². The Kier molecular flexibility index (Phi) is 7.94. The van der Waals surface area contributed by atoms with Crippen molar-refractivity contribution in [2.75, 3.05) is 20.8 Å². The normalized spacial score (nSPS) is 11.1. The summed E-state index contributed by atoms with van der Waals surface area (Å²) in [6.45, 7) is 4.26. The van der Waals surface area contributed by atoms with Crippen LogP contribution < -0.4 is 9.47 Å². The molecule has 0 spiro atoms. The Morgan fingerprint density at radius 1 is 0.971 bits per heavy atom. The molecule has 0 saturated heterocycles. The molecule has 4 aromatic rings. The van der Waals surface area contributed by atoms with E-state index in [2.05, 4.69) is 17.0 Å². The van der Waals surface area contributed by atoms with E-state index in [0.29, 0.717) is 42.7 Å². The first kappa shape index (κ1) is 24.6. The summed E-state index contributed by atoms with van der Waals surface area (Å²) < 4.78 is 29.1. The number of aromatic nitrogens is 3. The van der Waals surface area contributed by atoms with Crippen LogP contribution in [0.5, 0.6) is 11.5 Å². The maximum absolute atomic E-state index is 13.6. The van der Waals surface area contributed by atoms with Crippen LogP contribution in [0.25, 0.3) is 11.4 Å². The molecular weight excluding hydrogens is 463 g/mol. The largest absolute Gasteiger partial charge is 0.493 e. The monoisotopic (exact) mass is 492 g/mol. The summed E-state index contributed by atoms with van der Waals surface area (Å²) in [6, 6.07) is 22.4. The number of halogens is 1. The smallest absolute Gasteiger partial charge is 0.199 e. The van der Waals surface area contributed by atoms with Gasteiger partial charge in [-0.15, -0.1) is 0 Å². The van der Waals surface area contributed by atoms with Gasteiger partial charge in [0, 0.05) is 12.1 Å². The van der Waals surface area contributed by atoms with E-state index < -0.39 is 0 Å². The van der Waals surface area contributed by atoms with Crippen LogP contribution in [0, 0.1) is 10.6 Å². The lowest BCUT2D eigenvalue weighted by atomic mass is 10.2. The fourth-order valence-corrected chi connectivity index (χ4v) is 4.18. The summed E-state index contributed by atoms with van der Waals surface area (Å²) >= 11 is 5.83. The molecule has 1 aromatic heterocycles.